The van der Waals surface area contributed by atoms with Crippen LogP contribution in [0.15, 0.2) is 116 Å². The molecule has 0 spiro atoms. The summed E-state index contributed by atoms with van der Waals surface area (Å²) in [4.78, 5) is 115. The molecule has 2 aliphatic rings. The molecule has 8 heterocycles. The van der Waals surface area contributed by atoms with Crippen molar-refractivity contribution in [3.8, 4) is 22.8 Å². The topological polar surface area (TPSA) is 259 Å². The first-order valence-electron chi connectivity index (χ1n) is 29.8. The van der Waals surface area contributed by atoms with E-state index in [1.807, 2.05) is 82.6 Å². The van der Waals surface area contributed by atoms with Crippen molar-refractivity contribution in [1.82, 2.24) is 48.7 Å². The first-order valence-corrected chi connectivity index (χ1v) is 30.6. The number of carboxylic acid groups (broad SMARTS) is 1. The van der Waals surface area contributed by atoms with Gasteiger partial charge in [0.05, 0.1) is 51.8 Å². The van der Waals surface area contributed by atoms with Crippen molar-refractivity contribution in [2.24, 2.45) is 11.8 Å². The largest absolute Gasteiger partial charge is 2.00 e. The molecule has 2 saturated heterocycles. The van der Waals surface area contributed by atoms with Crippen LogP contribution in [0.5, 0.6) is 0 Å². The van der Waals surface area contributed by atoms with Crippen LogP contribution < -0.4 is 0 Å². The number of isothiocyanates is 2. The second kappa shape index (κ2) is 33.6. The van der Waals surface area contributed by atoms with Gasteiger partial charge in [0.15, 0.2) is 0 Å². The second-order valence-electron chi connectivity index (χ2n) is 21.0. The van der Waals surface area contributed by atoms with Gasteiger partial charge in [-0.2, -0.15) is 10.3 Å². The minimum atomic E-state index is -1.09. The maximum absolute atomic E-state index is 13.6. The number of amides is 8. The van der Waals surface area contributed by atoms with E-state index in [4.69, 9.17) is 25.9 Å². The van der Waals surface area contributed by atoms with Gasteiger partial charge in [-0.3, -0.25) is 58.7 Å². The average Bonchev–Trinajstić information content (AvgIpc) is 1.67. The van der Waals surface area contributed by atoms with Gasteiger partial charge in [-0.25, -0.2) is 14.4 Å². The summed E-state index contributed by atoms with van der Waals surface area (Å²) in [6, 6.07) is 23.6. The number of aromatic nitrogens is 6. The predicted octanol–water partition coefficient (Wildman–Crippen LogP) is 13.6. The Labute approximate surface area is 545 Å². The fourth-order valence-electron chi connectivity index (χ4n) is 10.8. The Kier molecular flexibility index (Phi) is 26.2. The van der Waals surface area contributed by atoms with Gasteiger partial charge in [0.2, 0.25) is 23.6 Å². The quantitative estimate of drug-likeness (QED) is 0.0304. The molecular formula is C67H70N12O8RuS2. The van der Waals surface area contributed by atoms with Crippen LogP contribution in [0.3, 0.4) is 0 Å². The van der Waals surface area contributed by atoms with Crippen LogP contribution in [-0.4, -0.2) is 132 Å². The summed E-state index contributed by atoms with van der Waals surface area (Å²) >= 11 is 7.40. The molecule has 0 saturated carbocycles. The van der Waals surface area contributed by atoms with Crippen LogP contribution in [0.4, 0.5) is 9.59 Å². The van der Waals surface area contributed by atoms with Gasteiger partial charge in [-0.05, 0) is 111 Å². The van der Waals surface area contributed by atoms with Crippen molar-refractivity contribution in [2.45, 2.75) is 106 Å². The first-order chi connectivity index (χ1) is 43.1. The fourth-order valence-corrected chi connectivity index (χ4v) is 10.8. The number of rotatable bonds is 21. The molecule has 2 aromatic carbocycles. The van der Waals surface area contributed by atoms with E-state index in [0.29, 0.717) is 61.5 Å². The standard InChI is InChI=1S/C54H62N8O6.C11H8N2O2.2CNS.Ru/c1-7-13-25-59-49(63)37(50(64)60(53(59)67)26-14-8-2)21-17-35-19-23-45-39(29-35)41-31-43(55-33-47(41)57(45)11-5)44-32-42-40-30-36(20-24-46(40)58(12-6)48(42)34-56-44)18-22-38-51(65)61(27-15-9-3)54(68)62(52(38)66)28-16-10-4;14-11(15)8-4-6-13-10(7-8)9-3-1-2-5-12-9;2*2-1-3;/h17-24,29-34,37-38H,7-16,25-28H2,1-6H3;1-7H,(H,14,15);;;/q;;2*-1;+2/b21-17+,22-18+;;;;. The first kappa shape index (κ1) is 70.1. The van der Waals surface area contributed by atoms with Crippen molar-refractivity contribution in [3.63, 3.8) is 0 Å². The number of urea groups is 2. The third-order valence-corrected chi connectivity index (χ3v) is 15.3. The second-order valence-corrected chi connectivity index (χ2v) is 21.3. The van der Waals surface area contributed by atoms with Gasteiger partial charge < -0.3 is 25.1 Å². The maximum atomic E-state index is 13.6. The molecule has 90 heavy (non-hydrogen) atoms. The Morgan fingerprint density at radius 2 is 0.867 bits per heavy atom. The Bertz CT molecular complexity index is 3810. The number of fused-ring (bicyclic) bond motifs is 6. The third-order valence-electron chi connectivity index (χ3n) is 15.3. The van der Waals surface area contributed by atoms with Gasteiger partial charge in [0.25, 0.3) is 0 Å². The van der Waals surface area contributed by atoms with Crippen LogP contribution in [0.25, 0.3) is 89.4 Å². The number of hydrogen-bond acceptors (Lipinski definition) is 13. The molecule has 23 heteroatoms. The number of carbonyl (C=O) groups excluding carboxylic acids is 6. The summed E-state index contributed by atoms with van der Waals surface area (Å²) in [6.07, 6.45) is 19.7. The Morgan fingerprint density at radius 1 is 0.500 bits per heavy atom. The van der Waals surface area contributed by atoms with Crippen LogP contribution >= 0.6 is 24.4 Å². The van der Waals surface area contributed by atoms with Crippen LogP contribution in [0.1, 0.15) is 114 Å². The predicted molar refractivity (Wildman–Crippen MR) is 353 cm³/mol. The number of thiocarbonyl (C=S) groups is 2. The normalized spacial score (nSPS) is 13.8. The number of nitrogens with zero attached hydrogens (tertiary/aromatic N) is 12. The van der Waals surface area contributed by atoms with E-state index < -0.39 is 53.5 Å². The zero-order valence-corrected chi connectivity index (χ0v) is 54.4. The van der Waals surface area contributed by atoms with Crippen molar-refractivity contribution >= 4 is 132 Å². The molecule has 2 aliphatic heterocycles. The molecule has 1 N–H and O–H groups in total. The van der Waals surface area contributed by atoms with Gasteiger partial charge in [-0.1, -0.05) is 120 Å². The molecule has 8 aromatic rings. The number of hydrogen-bond donors (Lipinski definition) is 1. The van der Waals surface area contributed by atoms with E-state index >= 15 is 0 Å². The monoisotopic (exact) mass is 1340 g/mol. The minimum absolute atomic E-state index is 0. The number of imide groups is 4. The zero-order valence-electron chi connectivity index (χ0n) is 51.0. The summed E-state index contributed by atoms with van der Waals surface area (Å²) < 4.78 is 4.43. The molecule has 0 radical (unpaired) electrons. The Hall–Kier alpha value is -8.97. The summed E-state index contributed by atoms with van der Waals surface area (Å²) in [5.41, 5.74) is 8.42. The molecule has 10 rings (SSSR count). The summed E-state index contributed by atoms with van der Waals surface area (Å²) in [6.45, 7) is 14.7. The molecule has 2 fully saturated rings. The number of carbonyl (C=O) groups is 7. The van der Waals surface area contributed by atoms with Crippen molar-refractivity contribution in [1.29, 1.82) is 0 Å². The Morgan fingerprint density at radius 3 is 1.21 bits per heavy atom. The van der Waals surface area contributed by atoms with Gasteiger partial charge >= 0.3 is 37.5 Å². The number of unbranched alkanes of at least 4 members (excludes halogenated alkanes) is 4. The number of aromatic carboxylic acids is 1. The van der Waals surface area contributed by atoms with Crippen molar-refractivity contribution in [2.75, 3.05) is 26.2 Å². The summed E-state index contributed by atoms with van der Waals surface area (Å²) in [5, 5.41) is 29.7. The van der Waals surface area contributed by atoms with Gasteiger partial charge in [0, 0.05) is 84.2 Å². The molecule has 0 bridgehead atoms. The molecular weight excluding hydrogens is 1270 g/mol. The van der Waals surface area contributed by atoms with Crippen LogP contribution in [0.2, 0.25) is 0 Å². The number of aryl methyl sites for hydroxylation is 2. The molecule has 0 atom stereocenters. The van der Waals surface area contributed by atoms with E-state index in [1.54, 1.807) is 30.5 Å². The van der Waals surface area contributed by atoms with E-state index in [1.165, 1.54) is 48.3 Å². The SMILES string of the molecule is CCCCN1C(=O)C(/C=C/c2ccc3c(c2)c2cc(-c4cc5c6cc(/C=C/C7C(=O)N(CCCC)C(=O)N(CCCC)C7=O)ccc6n(CC)c5cn4)ncc2n3CC)C(=O)N(CCCC)C1=O.O=C(O)c1ccnc(-c2ccccn2)c1.[N-]=C=S.[N-]=C=S.[Ru+2]. The molecule has 8 amide bonds. The van der Waals surface area contributed by atoms with Crippen molar-refractivity contribution in [3.05, 3.63) is 143 Å². The van der Waals surface area contributed by atoms with Crippen LogP contribution in [-0.2, 0) is 51.7 Å². The van der Waals surface area contributed by atoms with Crippen molar-refractivity contribution < 1.29 is 58.1 Å². The van der Waals surface area contributed by atoms with E-state index in [2.05, 4.69) is 81.7 Å². The molecule has 0 unspecified atom stereocenters. The number of carboxylic acids is 1. The van der Waals surface area contributed by atoms with Gasteiger partial charge in [0.1, 0.15) is 11.8 Å². The van der Waals surface area contributed by atoms with E-state index in [-0.39, 0.29) is 51.2 Å². The maximum Gasteiger partial charge on any atom is 2.00 e. The Balaban J connectivity index is 0.000000498. The molecule has 6 aromatic heterocycles. The van der Waals surface area contributed by atoms with Gasteiger partial charge in [-0.15, -0.1) is 0 Å². The summed E-state index contributed by atoms with van der Waals surface area (Å²) in [5.74, 6) is -5.06. The zero-order chi connectivity index (χ0) is 64.3. The smallest absolute Gasteiger partial charge is 0.753 e. The molecule has 0 aliphatic carbocycles. The minimum Gasteiger partial charge on any atom is -0.753 e. The van der Waals surface area contributed by atoms with E-state index in [9.17, 15) is 33.6 Å². The number of barbiturate groups is 2. The summed E-state index contributed by atoms with van der Waals surface area (Å²) in [7, 11) is 0. The average molecular weight is 1340 g/mol. The third kappa shape index (κ3) is 15.7. The molecule has 466 valence electrons. The number of pyridine rings is 4. The number of benzene rings is 2. The fraction of sp³-hybridized carbons (Fsp3) is 0.328. The van der Waals surface area contributed by atoms with Crippen LogP contribution in [0, 0.1) is 11.8 Å². The molecule has 20 nitrogen and oxygen atoms in total. The van der Waals surface area contributed by atoms with E-state index in [0.717, 1.165) is 80.4 Å².